The third-order valence-corrected chi connectivity index (χ3v) is 5.49. The zero-order valence-electron chi connectivity index (χ0n) is 15.8. The van der Waals surface area contributed by atoms with Gasteiger partial charge in [-0.05, 0) is 55.3 Å². The van der Waals surface area contributed by atoms with Gasteiger partial charge in [0.25, 0.3) is 0 Å². The Kier molecular flexibility index (Phi) is 6.07. The smallest absolute Gasteiger partial charge is 0.224 e. The summed E-state index contributed by atoms with van der Waals surface area (Å²) in [5.41, 5.74) is 2.71. The fourth-order valence-corrected chi connectivity index (χ4v) is 3.92. The molecule has 0 saturated carbocycles. The van der Waals surface area contributed by atoms with E-state index in [-0.39, 0.29) is 12.3 Å². The Morgan fingerprint density at radius 1 is 1.10 bits per heavy atom. The molecule has 1 N–H and O–H groups in total. The van der Waals surface area contributed by atoms with Crippen molar-refractivity contribution in [3.8, 4) is 11.3 Å². The van der Waals surface area contributed by atoms with Gasteiger partial charge in [-0.1, -0.05) is 23.2 Å². The molecule has 29 heavy (non-hydrogen) atoms. The fourth-order valence-electron chi connectivity index (χ4n) is 3.41. The number of carbonyl (C=O) groups is 1. The first-order valence-corrected chi connectivity index (χ1v) is 10.4. The predicted octanol–water partition coefficient (Wildman–Crippen LogP) is 5.82. The van der Waals surface area contributed by atoms with Crippen LogP contribution in [0.1, 0.15) is 25.2 Å². The highest BCUT2D eigenvalue weighted by Gasteiger charge is 2.13. The van der Waals surface area contributed by atoms with Crippen LogP contribution >= 0.6 is 23.2 Å². The SMILES string of the molecule is O=C(CCc1ncc(-c2ccc(Cl)cc2Cl)o1)Nc1ccc(N2CCCC2)cc1. The number of oxazole rings is 1. The second kappa shape index (κ2) is 8.89. The number of halogens is 2. The summed E-state index contributed by atoms with van der Waals surface area (Å²) in [6.45, 7) is 2.20. The van der Waals surface area contributed by atoms with E-state index in [1.54, 1.807) is 24.4 Å². The largest absolute Gasteiger partial charge is 0.441 e. The van der Waals surface area contributed by atoms with E-state index in [0.717, 1.165) is 24.3 Å². The molecule has 3 aromatic rings. The van der Waals surface area contributed by atoms with Gasteiger partial charge in [-0.2, -0.15) is 0 Å². The summed E-state index contributed by atoms with van der Waals surface area (Å²) < 4.78 is 5.74. The maximum atomic E-state index is 12.3. The van der Waals surface area contributed by atoms with Gasteiger partial charge in [-0.15, -0.1) is 0 Å². The molecule has 0 aliphatic carbocycles. The minimum absolute atomic E-state index is 0.0804. The molecule has 1 fully saturated rings. The van der Waals surface area contributed by atoms with E-state index in [1.165, 1.54) is 18.5 Å². The van der Waals surface area contributed by atoms with E-state index >= 15 is 0 Å². The van der Waals surface area contributed by atoms with Crippen LogP contribution in [0.5, 0.6) is 0 Å². The lowest BCUT2D eigenvalue weighted by molar-refractivity contribution is -0.116. The summed E-state index contributed by atoms with van der Waals surface area (Å²) in [4.78, 5) is 18.9. The molecule has 1 aromatic heterocycles. The summed E-state index contributed by atoms with van der Waals surface area (Å²) >= 11 is 12.1. The molecule has 0 unspecified atom stereocenters. The molecule has 0 bridgehead atoms. The van der Waals surface area contributed by atoms with E-state index in [2.05, 4.69) is 27.3 Å². The third kappa shape index (κ3) is 4.92. The maximum Gasteiger partial charge on any atom is 0.224 e. The highest BCUT2D eigenvalue weighted by atomic mass is 35.5. The lowest BCUT2D eigenvalue weighted by atomic mass is 10.2. The van der Waals surface area contributed by atoms with Crippen LogP contribution in [0.25, 0.3) is 11.3 Å². The lowest BCUT2D eigenvalue weighted by Gasteiger charge is -2.17. The number of nitrogens with zero attached hydrogens (tertiary/aromatic N) is 2. The van der Waals surface area contributed by atoms with Crippen LogP contribution in [-0.4, -0.2) is 24.0 Å². The number of anilines is 2. The van der Waals surface area contributed by atoms with Crippen molar-refractivity contribution in [1.82, 2.24) is 4.98 Å². The van der Waals surface area contributed by atoms with E-state index in [4.69, 9.17) is 27.6 Å². The van der Waals surface area contributed by atoms with Gasteiger partial charge < -0.3 is 14.6 Å². The first-order chi connectivity index (χ1) is 14.1. The van der Waals surface area contributed by atoms with Crippen LogP contribution in [-0.2, 0) is 11.2 Å². The Labute approximate surface area is 179 Å². The van der Waals surface area contributed by atoms with Crippen LogP contribution in [0, 0.1) is 0 Å². The number of amides is 1. The van der Waals surface area contributed by atoms with Crippen molar-refractivity contribution < 1.29 is 9.21 Å². The number of rotatable bonds is 6. The van der Waals surface area contributed by atoms with Crippen molar-refractivity contribution in [3.05, 3.63) is 64.6 Å². The highest BCUT2D eigenvalue weighted by Crippen LogP contribution is 2.31. The Morgan fingerprint density at radius 3 is 2.59 bits per heavy atom. The lowest BCUT2D eigenvalue weighted by Crippen LogP contribution is -2.17. The van der Waals surface area contributed by atoms with Crippen LogP contribution in [0.3, 0.4) is 0 Å². The summed E-state index contributed by atoms with van der Waals surface area (Å²) in [5, 5.41) is 3.98. The number of aromatic nitrogens is 1. The second-order valence-electron chi connectivity index (χ2n) is 7.03. The number of aryl methyl sites for hydroxylation is 1. The van der Waals surface area contributed by atoms with Gasteiger partial charge in [0.05, 0.1) is 11.2 Å². The van der Waals surface area contributed by atoms with E-state index in [0.29, 0.717) is 28.1 Å². The second-order valence-corrected chi connectivity index (χ2v) is 7.88. The molecule has 2 heterocycles. The number of hydrogen-bond donors (Lipinski definition) is 1. The molecule has 1 aliphatic rings. The zero-order valence-corrected chi connectivity index (χ0v) is 17.3. The Morgan fingerprint density at radius 2 is 1.86 bits per heavy atom. The summed E-state index contributed by atoms with van der Waals surface area (Å²) in [5.74, 6) is 0.966. The zero-order chi connectivity index (χ0) is 20.2. The van der Waals surface area contributed by atoms with E-state index in [9.17, 15) is 4.79 Å². The first kappa shape index (κ1) is 19.8. The van der Waals surface area contributed by atoms with E-state index in [1.807, 2.05) is 12.1 Å². The van der Waals surface area contributed by atoms with Gasteiger partial charge in [0, 0.05) is 47.9 Å². The van der Waals surface area contributed by atoms with Crippen molar-refractivity contribution in [2.45, 2.75) is 25.7 Å². The number of nitrogens with one attached hydrogen (secondary N) is 1. The molecular formula is C22H21Cl2N3O2. The molecule has 0 radical (unpaired) electrons. The average molecular weight is 430 g/mol. The molecule has 1 saturated heterocycles. The summed E-state index contributed by atoms with van der Waals surface area (Å²) in [6, 6.07) is 13.2. The third-order valence-electron chi connectivity index (χ3n) is 4.94. The highest BCUT2D eigenvalue weighted by molar-refractivity contribution is 6.36. The standard InChI is InChI=1S/C22H21Cl2N3O2/c23-15-3-8-18(19(24)13-15)20-14-25-22(29-20)10-9-21(28)26-16-4-6-17(7-5-16)27-11-1-2-12-27/h3-8,13-14H,1-2,9-12H2,(H,26,28). The van der Waals surface area contributed by atoms with Gasteiger partial charge in [0.15, 0.2) is 11.7 Å². The summed E-state index contributed by atoms with van der Waals surface area (Å²) in [7, 11) is 0. The van der Waals surface area contributed by atoms with Crippen molar-refractivity contribution in [1.29, 1.82) is 0 Å². The Balaban J connectivity index is 1.31. The topological polar surface area (TPSA) is 58.4 Å². The molecule has 1 aliphatic heterocycles. The van der Waals surface area contributed by atoms with E-state index < -0.39 is 0 Å². The van der Waals surface area contributed by atoms with Gasteiger partial charge in [0.2, 0.25) is 5.91 Å². The minimum atomic E-state index is -0.0804. The number of carbonyl (C=O) groups excluding carboxylic acids is 1. The van der Waals surface area contributed by atoms with Crippen LogP contribution in [0.4, 0.5) is 11.4 Å². The average Bonchev–Trinajstić information content (AvgIpc) is 3.39. The quantitative estimate of drug-likeness (QED) is 0.536. The molecule has 4 rings (SSSR count). The first-order valence-electron chi connectivity index (χ1n) is 9.63. The maximum absolute atomic E-state index is 12.3. The van der Waals surface area contributed by atoms with Gasteiger partial charge >= 0.3 is 0 Å². The van der Waals surface area contributed by atoms with Crippen molar-refractivity contribution >= 4 is 40.5 Å². The van der Waals surface area contributed by atoms with Gasteiger partial charge in [0.1, 0.15) is 0 Å². The molecule has 2 aromatic carbocycles. The molecule has 0 spiro atoms. The Hall–Kier alpha value is -2.50. The normalized spacial score (nSPS) is 13.7. The molecule has 5 nitrogen and oxygen atoms in total. The number of benzene rings is 2. The molecule has 1 amide bonds. The van der Waals surface area contributed by atoms with Crippen LogP contribution in [0.15, 0.2) is 53.1 Å². The monoisotopic (exact) mass is 429 g/mol. The van der Waals surface area contributed by atoms with Crippen molar-refractivity contribution in [3.63, 3.8) is 0 Å². The van der Waals surface area contributed by atoms with Crippen LogP contribution < -0.4 is 10.2 Å². The van der Waals surface area contributed by atoms with Crippen molar-refractivity contribution in [2.24, 2.45) is 0 Å². The number of hydrogen-bond acceptors (Lipinski definition) is 4. The molecule has 0 atom stereocenters. The minimum Gasteiger partial charge on any atom is -0.441 e. The molecule has 7 heteroatoms. The Bertz CT molecular complexity index is 996. The predicted molar refractivity (Wildman–Crippen MR) is 117 cm³/mol. The molecular weight excluding hydrogens is 409 g/mol. The van der Waals surface area contributed by atoms with Crippen molar-refractivity contribution in [2.75, 3.05) is 23.3 Å². The van der Waals surface area contributed by atoms with Gasteiger partial charge in [-0.25, -0.2) is 4.98 Å². The van der Waals surface area contributed by atoms with Crippen LogP contribution in [0.2, 0.25) is 10.0 Å². The fraction of sp³-hybridized carbons (Fsp3) is 0.273. The van der Waals surface area contributed by atoms with Gasteiger partial charge in [-0.3, -0.25) is 4.79 Å². The molecule has 150 valence electrons. The summed E-state index contributed by atoms with van der Waals surface area (Å²) in [6.07, 6.45) is 4.78.